The van der Waals surface area contributed by atoms with E-state index in [2.05, 4.69) is 20.0 Å². The summed E-state index contributed by atoms with van der Waals surface area (Å²) in [6.45, 7) is 1.22. The van der Waals surface area contributed by atoms with Gasteiger partial charge in [-0.2, -0.15) is 0 Å². The van der Waals surface area contributed by atoms with Crippen molar-refractivity contribution in [1.29, 1.82) is 0 Å². The minimum atomic E-state index is -3.95. The molecular formula is C19H19FN4O3S. The first kappa shape index (κ1) is 18.6. The summed E-state index contributed by atoms with van der Waals surface area (Å²) in [5.41, 5.74) is 1.20. The summed E-state index contributed by atoms with van der Waals surface area (Å²) in [4.78, 5) is 8.87. The van der Waals surface area contributed by atoms with Crippen LogP contribution in [0.15, 0.2) is 53.4 Å². The van der Waals surface area contributed by atoms with Gasteiger partial charge in [-0.05, 0) is 49.2 Å². The van der Waals surface area contributed by atoms with Crippen molar-refractivity contribution < 1.29 is 17.5 Å². The molecule has 0 amide bonds. The summed E-state index contributed by atoms with van der Waals surface area (Å²) >= 11 is 0. The fourth-order valence-corrected chi connectivity index (χ4v) is 4.02. The molecule has 146 valence electrons. The van der Waals surface area contributed by atoms with Crippen molar-refractivity contribution in [1.82, 2.24) is 9.97 Å². The van der Waals surface area contributed by atoms with E-state index in [1.807, 2.05) is 6.07 Å². The van der Waals surface area contributed by atoms with Gasteiger partial charge < -0.3 is 10.1 Å². The van der Waals surface area contributed by atoms with Crippen molar-refractivity contribution in [3.05, 3.63) is 54.3 Å². The molecule has 0 saturated carbocycles. The monoisotopic (exact) mass is 402 g/mol. The van der Waals surface area contributed by atoms with Gasteiger partial charge in [0.05, 0.1) is 22.0 Å². The number of aromatic nitrogens is 2. The molecule has 0 spiro atoms. The maximum absolute atomic E-state index is 13.1. The van der Waals surface area contributed by atoms with Crippen molar-refractivity contribution in [2.75, 3.05) is 23.2 Å². The normalized spacial score (nSPS) is 17.0. The van der Waals surface area contributed by atoms with Gasteiger partial charge in [0.25, 0.3) is 10.0 Å². The second-order valence-corrected chi connectivity index (χ2v) is 8.17. The van der Waals surface area contributed by atoms with Crippen LogP contribution >= 0.6 is 0 Å². The van der Waals surface area contributed by atoms with Crippen LogP contribution in [0.5, 0.6) is 0 Å². The van der Waals surface area contributed by atoms with Gasteiger partial charge in [-0.1, -0.05) is 12.1 Å². The molecule has 0 unspecified atom stereocenters. The lowest BCUT2D eigenvalue weighted by Crippen LogP contribution is -2.21. The Labute approximate surface area is 162 Å². The standard InChI is InChI=1S/C19H19FN4O3S/c20-13-7-9-15(10-8-13)28(25,26)24-19-18(21-12-14-4-3-11-27-14)22-16-5-1-2-6-17(16)23-19/h1-2,5-10,14H,3-4,11-12H2,(H,21,22)(H,23,24)/t14-/m0/s1. The third kappa shape index (κ3) is 4.05. The van der Waals surface area contributed by atoms with Crippen molar-refractivity contribution in [3.63, 3.8) is 0 Å². The zero-order valence-electron chi connectivity index (χ0n) is 14.9. The molecule has 1 atom stereocenters. The molecule has 28 heavy (non-hydrogen) atoms. The van der Waals surface area contributed by atoms with Crippen LogP contribution in [0.2, 0.25) is 0 Å². The average Bonchev–Trinajstić information content (AvgIpc) is 3.20. The molecule has 0 bridgehead atoms. The van der Waals surface area contributed by atoms with Crippen LogP contribution in [0, 0.1) is 5.82 Å². The van der Waals surface area contributed by atoms with E-state index in [9.17, 15) is 12.8 Å². The molecule has 3 aromatic rings. The molecular weight excluding hydrogens is 383 g/mol. The van der Waals surface area contributed by atoms with Gasteiger partial charge in [-0.3, -0.25) is 4.72 Å². The Morgan fingerprint density at radius 3 is 2.36 bits per heavy atom. The second-order valence-electron chi connectivity index (χ2n) is 6.48. The van der Waals surface area contributed by atoms with Crippen LogP contribution in [0.3, 0.4) is 0 Å². The molecule has 0 radical (unpaired) electrons. The predicted molar refractivity (Wildman–Crippen MR) is 104 cm³/mol. The zero-order valence-corrected chi connectivity index (χ0v) is 15.7. The Bertz CT molecular complexity index is 1080. The number of nitrogens with one attached hydrogen (secondary N) is 2. The highest BCUT2D eigenvalue weighted by Gasteiger charge is 2.21. The Morgan fingerprint density at radius 1 is 1.04 bits per heavy atom. The molecule has 2 aromatic carbocycles. The molecule has 1 aromatic heterocycles. The summed E-state index contributed by atoms with van der Waals surface area (Å²) < 4.78 is 46.6. The zero-order chi connectivity index (χ0) is 19.6. The van der Waals surface area contributed by atoms with E-state index < -0.39 is 15.8 Å². The van der Waals surface area contributed by atoms with Crippen LogP contribution in [-0.2, 0) is 14.8 Å². The SMILES string of the molecule is O=S(=O)(Nc1nc2ccccc2nc1NC[C@@H]1CCCO1)c1ccc(F)cc1. The minimum absolute atomic E-state index is 0.0508. The lowest BCUT2D eigenvalue weighted by atomic mass is 10.2. The van der Waals surface area contributed by atoms with Gasteiger partial charge in [0, 0.05) is 13.2 Å². The van der Waals surface area contributed by atoms with E-state index in [1.165, 1.54) is 12.1 Å². The number of anilines is 2. The maximum Gasteiger partial charge on any atom is 0.263 e. The molecule has 2 N–H and O–H groups in total. The number of hydrogen-bond acceptors (Lipinski definition) is 6. The summed E-state index contributed by atoms with van der Waals surface area (Å²) in [5, 5.41) is 3.14. The van der Waals surface area contributed by atoms with Gasteiger partial charge in [-0.15, -0.1) is 0 Å². The average molecular weight is 402 g/mol. The molecule has 9 heteroatoms. The minimum Gasteiger partial charge on any atom is -0.376 e. The van der Waals surface area contributed by atoms with Crippen molar-refractivity contribution in [2.24, 2.45) is 0 Å². The fraction of sp³-hybridized carbons (Fsp3) is 0.263. The van der Waals surface area contributed by atoms with Gasteiger partial charge in [0.15, 0.2) is 11.6 Å². The summed E-state index contributed by atoms with van der Waals surface area (Å²) in [7, 11) is -3.95. The first-order valence-electron chi connectivity index (χ1n) is 8.92. The number of ether oxygens (including phenoxy) is 1. The molecule has 2 heterocycles. The number of hydrogen-bond donors (Lipinski definition) is 2. The van der Waals surface area contributed by atoms with E-state index >= 15 is 0 Å². The molecule has 1 aliphatic heterocycles. The number of sulfonamides is 1. The van der Waals surface area contributed by atoms with Gasteiger partial charge in [0.1, 0.15) is 5.82 Å². The lowest BCUT2D eigenvalue weighted by molar-refractivity contribution is 0.120. The van der Waals surface area contributed by atoms with Crippen LogP contribution in [0.4, 0.5) is 16.0 Å². The fourth-order valence-electron chi connectivity index (χ4n) is 3.01. The van der Waals surface area contributed by atoms with Crippen LogP contribution < -0.4 is 10.0 Å². The Kier molecular flexibility index (Phi) is 5.10. The summed E-state index contributed by atoms with van der Waals surface area (Å²) in [5.74, 6) is -0.107. The van der Waals surface area contributed by atoms with Crippen LogP contribution in [0.1, 0.15) is 12.8 Å². The first-order valence-corrected chi connectivity index (χ1v) is 10.4. The second kappa shape index (κ2) is 7.69. The maximum atomic E-state index is 13.1. The molecule has 1 fully saturated rings. The van der Waals surface area contributed by atoms with E-state index in [4.69, 9.17) is 4.74 Å². The highest BCUT2D eigenvalue weighted by Crippen LogP contribution is 2.25. The number of rotatable bonds is 6. The summed E-state index contributed by atoms with van der Waals surface area (Å²) in [6.07, 6.45) is 1.99. The number of fused-ring (bicyclic) bond motifs is 1. The highest BCUT2D eigenvalue weighted by molar-refractivity contribution is 7.92. The number of nitrogens with zero attached hydrogens (tertiary/aromatic N) is 2. The molecule has 7 nitrogen and oxygen atoms in total. The van der Waals surface area contributed by atoms with E-state index in [0.717, 1.165) is 31.6 Å². The Balaban J connectivity index is 1.67. The van der Waals surface area contributed by atoms with Crippen LogP contribution in [-0.4, -0.2) is 37.6 Å². The Morgan fingerprint density at radius 2 is 1.71 bits per heavy atom. The highest BCUT2D eigenvalue weighted by atomic mass is 32.2. The van der Waals surface area contributed by atoms with E-state index in [-0.39, 0.29) is 16.8 Å². The smallest absolute Gasteiger partial charge is 0.263 e. The largest absolute Gasteiger partial charge is 0.376 e. The van der Waals surface area contributed by atoms with E-state index in [1.54, 1.807) is 18.2 Å². The molecule has 1 saturated heterocycles. The third-order valence-corrected chi connectivity index (χ3v) is 5.80. The van der Waals surface area contributed by atoms with Crippen molar-refractivity contribution >= 4 is 32.7 Å². The van der Waals surface area contributed by atoms with E-state index in [0.29, 0.717) is 23.4 Å². The van der Waals surface area contributed by atoms with Crippen molar-refractivity contribution in [2.45, 2.75) is 23.8 Å². The molecule has 4 rings (SSSR count). The first-order chi connectivity index (χ1) is 13.5. The number of benzene rings is 2. The predicted octanol–water partition coefficient (Wildman–Crippen LogP) is 3.16. The van der Waals surface area contributed by atoms with Gasteiger partial charge in [-0.25, -0.2) is 22.8 Å². The molecule has 0 aliphatic carbocycles. The topological polar surface area (TPSA) is 93.2 Å². The number of para-hydroxylation sites is 2. The Hall–Kier alpha value is -2.78. The van der Waals surface area contributed by atoms with Crippen LogP contribution in [0.25, 0.3) is 11.0 Å². The van der Waals surface area contributed by atoms with Gasteiger partial charge in [0.2, 0.25) is 0 Å². The molecule has 1 aliphatic rings. The van der Waals surface area contributed by atoms with Crippen molar-refractivity contribution in [3.8, 4) is 0 Å². The lowest BCUT2D eigenvalue weighted by Gasteiger charge is -2.16. The third-order valence-electron chi connectivity index (χ3n) is 4.45. The number of halogens is 1. The summed E-state index contributed by atoms with van der Waals surface area (Å²) in [6, 6.07) is 11.8. The quantitative estimate of drug-likeness (QED) is 0.658. The van der Waals surface area contributed by atoms with Gasteiger partial charge >= 0.3 is 0 Å².